The summed E-state index contributed by atoms with van der Waals surface area (Å²) in [5.74, 6) is 0.167. The first kappa shape index (κ1) is 22.6. The maximum Gasteiger partial charge on any atom is 0.136 e. The summed E-state index contributed by atoms with van der Waals surface area (Å²) in [6, 6.07) is 4.04. The van der Waals surface area contributed by atoms with Crippen molar-refractivity contribution < 1.29 is 14.9 Å². The maximum atomic E-state index is 9.08. The molecule has 0 aliphatic carbocycles. The highest BCUT2D eigenvalue weighted by atomic mass is 16.5. The van der Waals surface area contributed by atoms with Crippen molar-refractivity contribution in [2.24, 2.45) is 0 Å². The number of aliphatic hydroxyl groups excluding tert-OH is 2. The van der Waals surface area contributed by atoms with Crippen LogP contribution in [0.25, 0.3) is 5.52 Å². The minimum Gasteiger partial charge on any atom is -0.513 e. The summed E-state index contributed by atoms with van der Waals surface area (Å²) in [5, 5.41) is 27.7. The van der Waals surface area contributed by atoms with Gasteiger partial charge >= 0.3 is 0 Å². The third-order valence-corrected chi connectivity index (χ3v) is 3.31. The van der Waals surface area contributed by atoms with Gasteiger partial charge in [0, 0.05) is 6.57 Å². The van der Waals surface area contributed by atoms with Crippen molar-refractivity contribution in [2.75, 3.05) is 6.61 Å². The van der Waals surface area contributed by atoms with Gasteiger partial charge in [0.05, 0.1) is 35.4 Å². The molecule has 3 rings (SSSR count). The van der Waals surface area contributed by atoms with E-state index in [2.05, 4.69) is 23.2 Å². The number of hydrogen-bond acceptors (Lipinski definition) is 6. The van der Waals surface area contributed by atoms with Gasteiger partial charge in [-0.25, -0.2) is 14.8 Å². The molecule has 2 aromatic heterocycles. The Bertz CT molecular complexity index is 663. The predicted molar refractivity (Wildman–Crippen MR) is 97.1 cm³/mol. The summed E-state index contributed by atoms with van der Waals surface area (Å²) < 4.78 is 7.65. The molecule has 1 saturated heterocycles. The Balaban J connectivity index is 0.000000625. The van der Waals surface area contributed by atoms with Gasteiger partial charge in [0.25, 0.3) is 0 Å². The zero-order valence-corrected chi connectivity index (χ0v) is 15.4. The Kier molecular flexibility index (Phi) is 10.8. The molecule has 7 heteroatoms. The number of nitriles is 1. The van der Waals surface area contributed by atoms with Crippen LogP contribution in [0.15, 0.2) is 30.8 Å². The van der Waals surface area contributed by atoms with Crippen molar-refractivity contribution in [1.82, 2.24) is 14.6 Å². The molecule has 0 saturated carbocycles. The molecule has 2 N–H and O–H groups in total. The summed E-state index contributed by atoms with van der Waals surface area (Å²) in [6.07, 6.45) is 3.39. The molecule has 2 unspecified atom stereocenters. The van der Waals surface area contributed by atoms with Gasteiger partial charge in [-0.1, -0.05) is 20.4 Å². The lowest BCUT2D eigenvalue weighted by Gasteiger charge is -2.11. The molecule has 0 aromatic carbocycles. The number of aromatic nitrogens is 3. The predicted octanol–water partition coefficient (Wildman–Crippen LogP) is 3.49. The average Bonchev–Trinajstić information content (AvgIpc) is 3.25. The van der Waals surface area contributed by atoms with Crippen molar-refractivity contribution >= 4 is 5.52 Å². The molecular formula is C18H28N4O3. The second kappa shape index (κ2) is 12.0. The number of aryl methyl sites for hydroxylation is 1. The van der Waals surface area contributed by atoms with Gasteiger partial charge in [-0.3, -0.25) is 0 Å². The molecule has 0 amide bonds. The van der Waals surface area contributed by atoms with E-state index < -0.39 is 0 Å². The highest BCUT2D eigenvalue weighted by Gasteiger charge is 2.28. The Hall–Kier alpha value is -2.43. The quantitative estimate of drug-likeness (QED) is 0.805. The summed E-state index contributed by atoms with van der Waals surface area (Å²) in [5.41, 5.74) is 3.02. The molecule has 25 heavy (non-hydrogen) atoms. The van der Waals surface area contributed by atoms with Crippen LogP contribution in [-0.4, -0.2) is 37.5 Å². The van der Waals surface area contributed by atoms with Gasteiger partial charge in [-0.2, -0.15) is 5.10 Å². The van der Waals surface area contributed by atoms with E-state index in [1.807, 2.05) is 37.4 Å². The second-order valence-electron chi connectivity index (χ2n) is 5.14. The smallest absolute Gasteiger partial charge is 0.136 e. The topological polar surface area (TPSA) is 104 Å². The first-order valence-corrected chi connectivity index (χ1v) is 8.18. The Morgan fingerprint density at radius 1 is 1.40 bits per heavy atom. The molecule has 0 spiro atoms. The van der Waals surface area contributed by atoms with E-state index in [0.29, 0.717) is 0 Å². The molecule has 1 fully saturated rings. The first-order chi connectivity index (χ1) is 12.0. The minimum atomic E-state index is -0.0338. The number of aliphatic hydroxyl groups is 2. The monoisotopic (exact) mass is 348 g/mol. The summed E-state index contributed by atoms with van der Waals surface area (Å²) in [6.45, 7) is 14.2. The largest absolute Gasteiger partial charge is 0.513 e. The molecule has 0 radical (unpaired) electrons. The van der Waals surface area contributed by atoms with E-state index in [4.69, 9.17) is 20.2 Å². The molecule has 138 valence electrons. The van der Waals surface area contributed by atoms with Crippen LogP contribution in [0.1, 0.15) is 51.1 Å². The maximum absolute atomic E-state index is 9.08. The number of ether oxygens (including phenoxy) is 1. The fourth-order valence-corrected chi connectivity index (χ4v) is 2.38. The minimum absolute atomic E-state index is 0.0314. The van der Waals surface area contributed by atoms with Crippen LogP contribution in [0, 0.1) is 18.8 Å². The summed E-state index contributed by atoms with van der Waals surface area (Å²) >= 11 is 0. The summed E-state index contributed by atoms with van der Waals surface area (Å²) in [4.78, 5) is 4.17. The standard InChI is InChI=1S/C12H15N3O2.C3H6O.C2H6.CHN/c1-8-10-3-4-11(15(10)14-7-13-8)12-5-2-9(6-16)17-12;1-3(2)4;2*1-2/h3-4,7,9,12,16H,2,5-6H2,1H3;4H,1H2,2H3;1-2H3;1H. The third kappa shape index (κ3) is 6.53. The SMILES string of the molecule is C#N.C=C(C)O.CC.Cc1ncnn2c(C3CCC(CO)O3)ccc12. The first-order valence-electron chi connectivity index (χ1n) is 8.18. The normalized spacial score (nSPS) is 18.0. The van der Waals surface area contributed by atoms with Crippen molar-refractivity contribution in [3.63, 3.8) is 0 Å². The van der Waals surface area contributed by atoms with Crippen LogP contribution in [-0.2, 0) is 4.74 Å². The Labute approximate surface area is 149 Å². The lowest BCUT2D eigenvalue weighted by molar-refractivity contribution is 0.00855. The van der Waals surface area contributed by atoms with Crippen LogP contribution in [0.3, 0.4) is 0 Å². The van der Waals surface area contributed by atoms with Crippen molar-refractivity contribution in [2.45, 2.75) is 52.7 Å². The molecule has 2 aromatic rings. The molecular weight excluding hydrogens is 320 g/mol. The van der Waals surface area contributed by atoms with Crippen LogP contribution >= 0.6 is 0 Å². The lowest BCUT2D eigenvalue weighted by Crippen LogP contribution is -2.12. The van der Waals surface area contributed by atoms with Gasteiger partial charge in [0.1, 0.15) is 12.4 Å². The van der Waals surface area contributed by atoms with Crippen molar-refractivity contribution in [3.05, 3.63) is 42.2 Å². The molecule has 2 atom stereocenters. The third-order valence-electron chi connectivity index (χ3n) is 3.31. The van der Waals surface area contributed by atoms with E-state index >= 15 is 0 Å². The van der Waals surface area contributed by atoms with Gasteiger partial charge in [0.2, 0.25) is 0 Å². The zero-order valence-electron chi connectivity index (χ0n) is 15.4. The Morgan fingerprint density at radius 3 is 2.52 bits per heavy atom. The zero-order chi connectivity index (χ0) is 19.4. The summed E-state index contributed by atoms with van der Waals surface area (Å²) in [7, 11) is 0. The highest BCUT2D eigenvalue weighted by molar-refractivity contribution is 5.52. The van der Waals surface area contributed by atoms with E-state index in [1.54, 1.807) is 6.33 Å². The second-order valence-corrected chi connectivity index (χ2v) is 5.14. The molecule has 7 nitrogen and oxygen atoms in total. The van der Waals surface area contributed by atoms with Crippen LogP contribution in [0.4, 0.5) is 0 Å². The van der Waals surface area contributed by atoms with Crippen LogP contribution < -0.4 is 0 Å². The number of allylic oxidation sites excluding steroid dienone is 1. The number of hydrogen-bond donors (Lipinski definition) is 2. The van der Waals surface area contributed by atoms with E-state index in [-0.39, 0.29) is 24.6 Å². The van der Waals surface area contributed by atoms with E-state index in [0.717, 1.165) is 29.7 Å². The van der Waals surface area contributed by atoms with Crippen LogP contribution in [0.2, 0.25) is 0 Å². The number of rotatable bonds is 2. The van der Waals surface area contributed by atoms with Crippen molar-refractivity contribution in [3.8, 4) is 6.57 Å². The lowest BCUT2D eigenvalue weighted by atomic mass is 10.1. The van der Waals surface area contributed by atoms with Gasteiger partial charge < -0.3 is 14.9 Å². The van der Waals surface area contributed by atoms with Crippen molar-refractivity contribution in [1.29, 1.82) is 5.26 Å². The molecule has 1 aliphatic heterocycles. The molecule has 0 bridgehead atoms. The fourth-order valence-electron chi connectivity index (χ4n) is 2.38. The average molecular weight is 348 g/mol. The van der Waals surface area contributed by atoms with Crippen LogP contribution in [0.5, 0.6) is 0 Å². The number of nitrogens with zero attached hydrogens (tertiary/aromatic N) is 4. The van der Waals surface area contributed by atoms with E-state index in [9.17, 15) is 0 Å². The number of fused-ring (bicyclic) bond motifs is 1. The molecule has 1 aliphatic rings. The van der Waals surface area contributed by atoms with Gasteiger partial charge in [-0.05, 0) is 38.8 Å². The molecule has 3 heterocycles. The van der Waals surface area contributed by atoms with Gasteiger partial charge in [-0.15, -0.1) is 0 Å². The van der Waals surface area contributed by atoms with Gasteiger partial charge in [0.15, 0.2) is 0 Å². The Morgan fingerprint density at radius 2 is 2.00 bits per heavy atom. The highest BCUT2D eigenvalue weighted by Crippen LogP contribution is 2.33. The fraction of sp³-hybridized carbons (Fsp3) is 0.500. The van der Waals surface area contributed by atoms with E-state index in [1.165, 1.54) is 6.92 Å².